The Morgan fingerprint density at radius 1 is 1.09 bits per heavy atom. The van der Waals surface area contributed by atoms with E-state index < -0.39 is 6.04 Å². The van der Waals surface area contributed by atoms with E-state index in [-0.39, 0.29) is 17.9 Å². The number of hydrogen-bond donors (Lipinski definition) is 1. The van der Waals surface area contributed by atoms with Gasteiger partial charge in [-0.3, -0.25) is 14.5 Å². The number of rotatable bonds is 5. The van der Waals surface area contributed by atoms with Gasteiger partial charge in [-0.25, -0.2) is 0 Å². The maximum absolute atomic E-state index is 13.0. The fourth-order valence-corrected chi connectivity index (χ4v) is 5.58. The van der Waals surface area contributed by atoms with E-state index in [1.165, 1.54) is 19.3 Å². The second-order valence-corrected chi connectivity index (χ2v) is 9.57. The lowest BCUT2D eigenvalue weighted by molar-refractivity contribution is -0.126. The van der Waals surface area contributed by atoms with Crippen molar-refractivity contribution in [1.82, 2.24) is 15.1 Å². The SMILES string of the molecule is C=C1CCC(N2Cc3cc(O[C@H]4CCCCC[C@@H]4N4CC(OC)C4)ccc3C2=O)C(=O)N1. The molecule has 1 N–H and O–H groups in total. The molecule has 32 heavy (non-hydrogen) atoms. The number of carbonyl (C=O) groups excluding carboxylic acids is 2. The molecule has 172 valence electrons. The summed E-state index contributed by atoms with van der Waals surface area (Å²) < 4.78 is 12.0. The lowest BCUT2D eigenvalue weighted by Crippen LogP contribution is -2.59. The third kappa shape index (κ3) is 4.04. The zero-order valence-electron chi connectivity index (χ0n) is 18.8. The van der Waals surface area contributed by atoms with Crippen LogP contribution in [0.2, 0.25) is 0 Å². The first-order chi connectivity index (χ1) is 15.5. The summed E-state index contributed by atoms with van der Waals surface area (Å²) in [5.74, 6) is 0.613. The number of benzene rings is 1. The largest absolute Gasteiger partial charge is 0.489 e. The topological polar surface area (TPSA) is 71.1 Å². The van der Waals surface area contributed by atoms with Crippen LogP contribution in [-0.2, 0) is 16.1 Å². The predicted molar refractivity (Wildman–Crippen MR) is 120 cm³/mol. The van der Waals surface area contributed by atoms with Crippen molar-refractivity contribution in [1.29, 1.82) is 0 Å². The van der Waals surface area contributed by atoms with Crippen molar-refractivity contribution in [2.45, 2.75) is 75.8 Å². The summed E-state index contributed by atoms with van der Waals surface area (Å²) in [6.45, 7) is 6.24. The first-order valence-electron chi connectivity index (χ1n) is 11.9. The molecule has 1 saturated carbocycles. The zero-order valence-corrected chi connectivity index (χ0v) is 18.8. The molecule has 0 spiro atoms. The van der Waals surface area contributed by atoms with Gasteiger partial charge in [0, 0.05) is 44.0 Å². The molecule has 5 rings (SSSR count). The minimum Gasteiger partial charge on any atom is -0.489 e. The standard InChI is InChI=1S/C25H33N3O4/c1-16-8-11-22(24(29)26-16)28-13-17-12-18(9-10-20(17)25(28)30)32-23-7-5-3-4-6-21(23)27-14-19(15-27)31-2/h9-10,12,19,21-23H,1,3-8,11,13-15H2,2H3,(H,26,29)/t21-,22?,23-/m0/s1. The van der Waals surface area contributed by atoms with E-state index in [0.717, 1.165) is 42.9 Å². The number of nitrogens with one attached hydrogen (secondary N) is 1. The van der Waals surface area contributed by atoms with Gasteiger partial charge in [0.2, 0.25) is 5.91 Å². The number of amides is 2. The van der Waals surface area contributed by atoms with Crippen LogP contribution >= 0.6 is 0 Å². The third-order valence-electron chi connectivity index (χ3n) is 7.49. The highest BCUT2D eigenvalue weighted by molar-refractivity contribution is 6.01. The number of piperidine rings is 1. The van der Waals surface area contributed by atoms with Gasteiger partial charge in [-0.15, -0.1) is 0 Å². The van der Waals surface area contributed by atoms with Crippen LogP contribution in [0.1, 0.15) is 60.9 Å². The van der Waals surface area contributed by atoms with E-state index in [1.807, 2.05) is 18.2 Å². The molecule has 1 aliphatic carbocycles. The first-order valence-corrected chi connectivity index (χ1v) is 11.9. The van der Waals surface area contributed by atoms with Gasteiger partial charge in [-0.05, 0) is 55.9 Å². The van der Waals surface area contributed by atoms with Crippen LogP contribution in [0.5, 0.6) is 5.75 Å². The van der Waals surface area contributed by atoms with Crippen LogP contribution in [0, 0.1) is 0 Å². The molecule has 0 aromatic heterocycles. The average molecular weight is 440 g/mol. The summed E-state index contributed by atoms with van der Waals surface area (Å²) in [4.78, 5) is 29.6. The van der Waals surface area contributed by atoms with E-state index in [0.29, 0.717) is 37.1 Å². The Morgan fingerprint density at radius 2 is 1.91 bits per heavy atom. The van der Waals surface area contributed by atoms with Crippen molar-refractivity contribution in [3.8, 4) is 5.75 Å². The van der Waals surface area contributed by atoms with Crippen molar-refractivity contribution in [3.63, 3.8) is 0 Å². The van der Waals surface area contributed by atoms with Crippen LogP contribution in [0.25, 0.3) is 0 Å². The van der Waals surface area contributed by atoms with E-state index in [4.69, 9.17) is 9.47 Å². The van der Waals surface area contributed by atoms with Gasteiger partial charge in [0.15, 0.2) is 0 Å². The summed E-state index contributed by atoms with van der Waals surface area (Å²) in [7, 11) is 1.78. The smallest absolute Gasteiger partial charge is 0.255 e. The second kappa shape index (κ2) is 8.87. The maximum Gasteiger partial charge on any atom is 0.255 e. The van der Waals surface area contributed by atoms with Crippen molar-refractivity contribution in [2.75, 3.05) is 20.2 Å². The molecule has 0 bridgehead atoms. The number of methoxy groups -OCH3 is 1. The van der Waals surface area contributed by atoms with Crippen LogP contribution < -0.4 is 10.1 Å². The van der Waals surface area contributed by atoms with E-state index in [2.05, 4.69) is 16.8 Å². The number of fused-ring (bicyclic) bond motifs is 1. The van der Waals surface area contributed by atoms with Crippen LogP contribution in [0.4, 0.5) is 0 Å². The Hall–Kier alpha value is -2.38. The lowest BCUT2D eigenvalue weighted by atomic mass is 9.98. The van der Waals surface area contributed by atoms with Crippen molar-refractivity contribution in [3.05, 3.63) is 41.6 Å². The maximum atomic E-state index is 13.0. The molecule has 1 aromatic carbocycles. The Labute approximate surface area is 189 Å². The van der Waals surface area contributed by atoms with Crippen molar-refractivity contribution < 1.29 is 19.1 Å². The van der Waals surface area contributed by atoms with E-state index in [9.17, 15) is 9.59 Å². The monoisotopic (exact) mass is 439 g/mol. The van der Waals surface area contributed by atoms with Gasteiger partial charge >= 0.3 is 0 Å². The molecule has 2 amide bonds. The number of hydrogen-bond acceptors (Lipinski definition) is 5. The van der Waals surface area contributed by atoms with Crippen molar-refractivity contribution in [2.24, 2.45) is 0 Å². The van der Waals surface area contributed by atoms with Crippen LogP contribution in [0.3, 0.4) is 0 Å². The molecule has 7 heteroatoms. The average Bonchev–Trinajstić information content (AvgIpc) is 2.90. The van der Waals surface area contributed by atoms with Gasteiger partial charge in [0.25, 0.3) is 5.91 Å². The second-order valence-electron chi connectivity index (χ2n) is 9.57. The number of carbonyl (C=O) groups is 2. The van der Waals surface area contributed by atoms with Gasteiger partial charge in [0.1, 0.15) is 17.9 Å². The molecule has 3 atom stereocenters. The Balaban J connectivity index is 1.29. The normalized spacial score (nSPS) is 29.3. The minimum absolute atomic E-state index is 0.0715. The van der Waals surface area contributed by atoms with Crippen LogP contribution in [0.15, 0.2) is 30.5 Å². The highest BCUT2D eigenvalue weighted by Gasteiger charge is 2.40. The first kappa shape index (κ1) is 21.5. The Kier molecular flexibility index (Phi) is 5.95. The summed E-state index contributed by atoms with van der Waals surface area (Å²) in [5.41, 5.74) is 2.35. The molecule has 1 aromatic rings. The number of ether oxygens (including phenoxy) is 2. The molecular formula is C25H33N3O4. The van der Waals surface area contributed by atoms with Gasteiger partial charge in [-0.1, -0.05) is 19.4 Å². The molecule has 2 saturated heterocycles. The Bertz CT molecular complexity index is 910. The van der Waals surface area contributed by atoms with Gasteiger partial charge < -0.3 is 19.7 Å². The molecule has 3 heterocycles. The summed E-state index contributed by atoms with van der Waals surface area (Å²) in [5, 5.41) is 2.79. The summed E-state index contributed by atoms with van der Waals surface area (Å²) >= 11 is 0. The fourth-order valence-electron chi connectivity index (χ4n) is 5.58. The van der Waals surface area contributed by atoms with E-state index >= 15 is 0 Å². The van der Waals surface area contributed by atoms with Crippen LogP contribution in [-0.4, -0.2) is 66.1 Å². The molecule has 3 aliphatic heterocycles. The highest BCUT2D eigenvalue weighted by atomic mass is 16.5. The highest BCUT2D eigenvalue weighted by Crippen LogP contribution is 2.33. The quantitative estimate of drug-likeness (QED) is 0.715. The van der Waals surface area contributed by atoms with Gasteiger partial charge in [-0.2, -0.15) is 0 Å². The molecule has 4 aliphatic rings. The minimum atomic E-state index is -0.434. The van der Waals surface area contributed by atoms with Gasteiger partial charge in [0.05, 0.1) is 6.10 Å². The number of nitrogens with zero attached hydrogens (tertiary/aromatic N) is 2. The lowest BCUT2D eigenvalue weighted by Gasteiger charge is -2.45. The molecular weight excluding hydrogens is 406 g/mol. The van der Waals surface area contributed by atoms with E-state index in [1.54, 1.807) is 12.0 Å². The van der Waals surface area contributed by atoms with Crippen molar-refractivity contribution >= 4 is 11.8 Å². The molecule has 0 radical (unpaired) electrons. The summed E-state index contributed by atoms with van der Waals surface area (Å²) in [6, 6.07) is 5.76. The number of likely N-dealkylation sites (tertiary alicyclic amines) is 1. The molecule has 7 nitrogen and oxygen atoms in total. The fraction of sp³-hybridized carbons (Fsp3) is 0.600. The molecule has 3 fully saturated rings. The Morgan fingerprint density at radius 3 is 2.69 bits per heavy atom. The molecule has 1 unspecified atom stereocenters. The third-order valence-corrected chi connectivity index (χ3v) is 7.49. The predicted octanol–water partition coefficient (Wildman–Crippen LogP) is 2.85. The summed E-state index contributed by atoms with van der Waals surface area (Å²) in [6.07, 6.45) is 7.69. The zero-order chi connectivity index (χ0) is 22.2. The number of allylic oxidation sites excluding steroid dienone is 1.